The molecular weight excluding hydrogens is 954 g/mol. The molecular formula is C65H102NO8P. The van der Waals surface area contributed by atoms with Gasteiger partial charge in [0.1, 0.15) is 6.61 Å². The molecule has 0 spiro atoms. The molecule has 2 unspecified atom stereocenters. The fourth-order valence-electron chi connectivity index (χ4n) is 6.95. The Morgan fingerprint density at radius 1 is 0.400 bits per heavy atom. The Kier molecular flexibility index (Phi) is 55.0. The van der Waals surface area contributed by atoms with E-state index >= 15 is 0 Å². The highest BCUT2D eigenvalue weighted by Crippen LogP contribution is 2.43. The van der Waals surface area contributed by atoms with Crippen LogP contribution >= 0.6 is 7.82 Å². The number of esters is 2. The van der Waals surface area contributed by atoms with Crippen LogP contribution in [0.1, 0.15) is 194 Å². The van der Waals surface area contributed by atoms with Crippen molar-refractivity contribution in [1.29, 1.82) is 0 Å². The molecule has 0 aromatic rings. The summed E-state index contributed by atoms with van der Waals surface area (Å²) in [7, 11) is -4.41. The SMILES string of the molecule is CC/C=C\C/C=C\C/C=C\C/C=C\C/C=C\C/C=C\C/C=C\C/C=C\C/C=C\C/C=C\CCCCCCCCCCC(=O)OC(COC(=O)CCCC/C=C\C/C=C\C/C=C\C/C=C\CC)COP(=O)(O)OCCN. The molecule has 0 fully saturated rings. The van der Waals surface area contributed by atoms with Crippen molar-refractivity contribution >= 4 is 19.8 Å². The number of nitrogens with two attached hydrogens (primary N) is 1. The van der Waals surface area contributed by atoms with Gasteiger partial charge in [0.05, 0.1) is 13.2 Å². The predicted octanol–water partition coefficient (Wildman–Crippen LogP) is 18.3. The van der Waals surface area contributed by atoms with Crippen molar-refractivity contribution in [3.05, 3.63) is 170 Å². The van der Waals surface area contributed by atoms with E-state index in [2.05, 4.69) is 184 Å². The van der Waals surface area contributed by atoms with Crippen LogP contribution in [0.15, 0.2) is 170 Å². The van der Waals surface area contributed by atoms with Crippen molar-refractivity contribution in [3.63, 3.8) is 0 Å². The minimum Gasteiger partial charge on any atom is -0.462 e. The van der Waals surface area contributed by atoms with Gasteiger partial charge in [-0.15, -0.1) is 0 Å². The number of phosphoric acid groups is 1. The van der Waals surface area contributed by atoms with Crippen molar-refractivity contribution < 1.29 is 37.6 Å². The van der Waals surface area contributed by atoms with E-state index in [4.69, 9.17) is 24.3 Å². The first kappa shape index (κ1) is 70.4. The number of unbranched alkanes of at least 4 members (excludes halogenated alkanes) is 10. The molecule has 0 radical (unpaired) electrons. The first-order chi connectivity index (χ1) is 36.8. The minimum absolute atomic E-state index is 0.0369. The quantitative estimate of drug-likeness (QED) is 0.0264. The second-order valence-corrected chi connectivity index (χ2v) is 19.5. The van der Waals surface area contributed by atoms with Gasteiger partial charge in [0.15, 0.2) is 6.10 Å². The largest absolute Gasteiger partial charge is 0.472 e. The van der Waals surface area contributed by atoms with Gasteiger partial charge in [-0.3, -0.25) is 18.6 Å². The molecule has 75 heavy (non-hydrogen) atoms. The summed E-state index contributed by atoms with van der Waals surface area (Å²) >= 11 is 0. The van der Waals surface area contributed by atoms with Crippen LogP contribution in [0.2, 0.25) is 0 Å². The topological polar surface area (TPSA) is 134 Å². The zero-order valence-corrected chi connectivity index (χ0v) is 47.6. The lowest BCUT2D eigenvalue weighted by Gasteiger charge is -2.19. The molecule has 0 aliphatic rings. The fraction of sp³-hybridized carbons (Fsp3) is 0.538. The minimum atomic E-state index is -4.41. The zero-order chi connectivity index (χ0) is 54.5. The maximum atomic E-state index is 12.7. The Bertz CT molecular complexity index is 1820. The van der Waals surface area contributed by atoms with Gasteiger partial charge in [0.2, 0.25) is 0 Å². The second-order valence-electron chi connectivity index (χ2n) is 18.0. The van der Waals surface area contributed by atoms with Gasteiger partial charge >= 0.3 is 19.8 Å². The van der Waals surface area contributed by atoms with Crippen LogP contribution in [0.3, 0.4) is 0 Å². The number of hydrogen-bond donors (Lipinski definition) is 2. The first-order valence-corrected chi connectivity index (χ1v) is 30.1. The summed E-state index contributed by atoms with van der Waals surface area (Å²) in [6, 6.07) is 0. The lowest BCUT2D eigenvalue weighted by molar-refractivity contribution is -0.161. The summed E-state index contributed by atoms with van der Waals surface area (Å²) in [5, 5.41) is 0. The summed E-state index contributed by atoms with van der Waals surface area (Å²) in [5.41, 5.74) is 5.37. The van der Waals surface area contributed by atoms with E-state index in [1.54, 1.807) is 0 Å². The van der Waals surface area contributed by atoms with Crippen molar-refractivity contribution in [2.75, 3.05) is 26.4 Å². The van der Waals surface area contributed by atoms with Crippen LogP contribution in [-0.2, 0) is 32.7 Å². The van der Waals surface area contributed by atoms with Gasteiger partial charge in [-0.2, -0.15) is 0 Å². The summed E-state index contributed by atoms with van der Waals surface area (Å²) in [6.45, 7) is 3.42. The summed E-state index contributed by atoms with van der Waals surface area (Å²) in [5.74, 6) is -0.902. The predicted molar refractivity (Wildman–Crippen MR) is 320 cm³/mol. The Balaban J connectivity index is 4.05. The van der Waals surface area contributed by atoms with E-state index in [0.717, 1.165) is 128 Å². The molecule has 0 saturated heterocycles. The first-order valence-electron chi connectivity index (χ1n) is 28.6. The second kappa shape index (κ2) is 58.6. The summed E-state index contributed by atoms with van der Waals surface area (Å²) in [4.78, 5) is 35.1. The maximum absolute atomic E-state index is 12.7. The molecule has 9 nitrogen and oxygen atoms in total. The zero-order valence-electron chi connectivity index (χ0n) is 46.7. The van der Waals surface area contributed by atoms with Crippen LogP contribution in [0, 0.1) is 0 Å². The van der Waals surface area contributed by atoms with E-state index in [1.807, 2.05) is 0 Å². The number of carbonyl (C=O) groups is 2. The number of carbonyl (C=O) groups excluding carboxylic acids is 2. The summed E-state index contributed by atoms with van der Waals surface area (Å²) < 4.78 is 32.9. The van der Waals surface area contributed by atoms with Gasteiger partial charge in [-0.05, 0) is 128 Å². The molecule has 0 aliphatic carbocycles. The molecule has 0 aromatic carbocycles. The number of phosphoric ester groups is 1. The average Bonchev–Trinajstić information content (AvgIpc) is 3.40. The highest BCUT2D eigenvalue weighted by Gasteiger charge is 2.26. The van der Waals surface area contributed by atoms with Gasteiger partial charge in [-0.25, -0.2) is 4.57 Å². The van der Waals surface area contributed by atoms with Crippen molar-refractivity contribution in [1.82, 2.24) is 0 Å². The third-order valence-corrected chi connectivity index (χ3v) is 12.1. The molecule has 0 amide bonds. The van der Waals surface area contributed by atoms with Crippen LogP contribution in [0.4, 0.5) is 0 Å². The fourth-order valence-corrected chi connectivity index (χ4v) is 7.71. The van der Waals surface area contributed by atoms with E-state index < -0.39 is 32.5 Å². The monoisotopic (exact) mass is 1060 g/mol. The number of ether oxygens (including phenoxy) is 2. The molecule has 0 bridgehead atoms. The lowest BCUT2D eigenvalue weighted by Crippen LogP contribution is -2.29. The van der Waals surface area contributed by atoms with Gasteiger partial charge in [0, 0.05) is 19.4 Å². The molecule has 0 saturated carbocycles. The molecule has 3 N–H and O–H groups in total. The number of allylic oxidation sites excluding steroid dienone is 28. The van der Waals surface area contributed by atoms with E-state index in [9.17, 15) is 19.0 Å². The third kappa shape index (κ3) is 58.5. The molecule has 0 aromatic heterocycles. The Morgan fingerprint density at radius 2 is 0.693 bits per heavy atom. The van der Waals surface area contributed by atoms with E-state index in [1.165, 1.54) is 25.7 Å². The van der Waals surface area contributed by atoms with E-state index in [0.29, 0.717) is 12.8 Å². The average molecular weight is 1060 g/mol. The lowest BCUT2D eigenvalue weighted by atomic mass is 10.1. The molecule has 0 heterocycles. The van der Waals surface area contributed by atoms with Gasteiger partial charge in [0.25, 0.3) is 0 Å². The molecule has 420 valence electrons. The smallest absolute Gasteiger partial charge is 0.462 e. The molecule has 0 aliphatic heterocycles. The molecule has 10 heteroatoms. The number of hydrogen-bond acceptors (Lipinski definition) is 8. The Hall–Kier alpha value is -4.63. The van der Waals surface area contributed by atoms with Gasteiger partial charge < -0.3 is 20.1 Å². The van der Waals surface area contributed by atoms with Crippen LogP contribution < -0.4 is 5.73 Å². The summed E-state index contributed by atoms with van der Waals surface area (Å²) in [6.07, 6.45) is 87.0. The highest BCUT2D eigenvalue weighted by molar-refractivity contribution is 7.47. The third-order valence-electron chi connectivity index (χ3n) is 11.1. The Labute approximate surface area is 457 Å². The molecule has 2 atom stereocenters. The standard InChI is InChI=1S/C65H102NO8P/c1-3-5-7-9-11-13-15-17-19-20-21-22-23-24-25-26-27-28-29-30-31-32-33-34-35-36-37-38-39-40-41-42-44-46-48-50-52-54-56-58-65(68)74-63(62-73-75(69,70)72-60-59-66)61-71-64(67)57-55-53-51-49-47-45-43-18-16-14-12-10-8-6-4-2/h5-8,11-14,17-19,21-22,24-25,27-28,30-31,33-34,36-37,39-40,43,47,49,63H,3-4,9-10,15-16,20,23,26,29,32,35,38,41-42,44-46,48,50-62,66H2,1-2H3,(H,69,70)/b7-5-,8-6-,13-11-,14-12-,19-17-,22-21-,25-24-,28-27-,31-30-,34-33-,37-36-,40-39-,43-18-,49-47-. The van der Waals surface area contributed by atoms with Crippen molar-refractivity contribution in [2.45, 2.75) is 200 Å². The van der Waals surface area contributed by atoms with Crippen molar-refractivity contribution in [3.8, 4) is 0 Å². The number of rotatable bonds is 51. The molecule has 0 rings (SSSR count). The highest BCUT2D eigenvalue weighted by atomic mass is 31.2. The van der Waals surface area contributed by atoms with Crippen LogP contribution in [-0.4, -0.2) is 49.3 Å². The van der Waals surface area contributed by atoms with E-state index in [-0.39, 0.29) is 32.6 Å². The maximum Gasteiger partial charge on any atom is 0.472 e. The Morgan fingerprint density at radius 3 is 1.05 bits per heavy atom. The van der Waals surface area contributed by atoms with Crippen LogP contribution in [0.25, 0.3) is 0 Å². The van der Waals surface area contributed by atoms with Gasteiger partial charge in [-0.1, -0.05) is 223 Å². The normalized spacial score (nSPS) is 14.3. The van der Waals surface area contributed by atoms with Crippen LogP contribution in [0.5, 0.6) is 0 Å². The van der Waals surface area contributed by atoms with Crippen molar-refractivity contribution in [2.24, 2.45) is 5.73 Å².